The summed E-state index contributed by atoms with van der Waals surface area (Å²) in [5.41, 5.74) is -0.503. The summed E-state index contributed by atoms with van der Waals surface area (Å²) in [6, 6.07) is 1.58. The lowest BCUT2D eigenvalue weighted by Crippen LogP contribution is -2.36. The molecule has 116 valence electrons. The van der Waals surface area contributed by atoms with Gasteiger partial charge in [0.2, 0.25) is 5.88 Å². The molecule has 21 heavy (non-hydrogen) atoms. The topological polar surface area (TPSA) is 51.7 Å². The summed E-state index contributed by atoms with van der Waals surface area (Å²) in [6.45, 7) is 6.56. The van der Waals surface area contributed by atoms with Crippen LogP contribution in [0.3, 0.4) is 0 Å². The van der Waals surface area contributed by atoms with Gasteiger partial charge in [-0.25, -0.2) is 9.78 Å². The van der Waals surface area contributed by atoms with Crippen molar-refractivity contribution >= 4 is 29.3 Å². The fourth-order valence-electron chi connectivity index (χ4n) is 1.96. The van der Waals surface area contributed by atoms with E-state index in [1.807, 2.05) is 20.8 Å². The number of nitrogens with zero attached hydrogens (tertiary/aromatic N) is 2. The average Bonchev–Trinajstić information content (AvgIpc) is 2.79. The molecule has 1 aliphatic heterocycles. The number of rotatable bonds is 2. The van der Waals surface area contributed by atoms with Crippen LogP contribution in [0.4, 0.5) is 4.79 Å². The van der Waals surface area contributed by atoms with Gasteiger partial charge in [-0.3, -0.25) is 0 Å². The normalized spacial score (nSPS) is 18.7. The molecule has 1 aliphatic rings. The third-order valence-corrected chi connectivity index (χ3v) is 3.33. The molecule has 1 aromatic heterocycles. The van der Waals surface area contributed by atoms with E-state index in [1.165, 1.54) is 6.20 Å². The van der Waals surface area contributed by atoms with Crippen molar-refractivity contribution < 1.29 is 14.3 Å². The Hall–Kier alpha value is -1.20. The first-order chi connectivity index (χ1) is 9.74. The maximum atomic E-state index is 12.0. The fourth-order valence-corrected chi connectivity index (χ4v) is 2.39. The summed E-state index contributed by atoms with van der Waals surface area (Å²) in [6.07, 6.45) is 1.70. The van der Waals surface area contributed by atoms with E-state index in [1.54, 1.807) is 11.0 Å². The number of amides is 1. The molecule has 0 aliphatic carbocycles. The molecule has 1 saturated heterocycles. The molecule has 1 aromatic rings. The van der Waals surface area contributed by atoms with Crippen molar-refractivity contribution in [2.45, 2.75) is 38.9 Å². The van der Waals surface area contributed by atoms with Crippen molar-refractivity contribution in [3.8, 4) is 5.88 Å². The van der Waals surface area contributed by atoms with Gasteiger partial charge in [-0.15, -0.1) is 0 Å². The molecule has 1 atom stereocenters. The molecule has 1 amide bonds. The summed E-state index contributed by atoms with van der Waals surface area (Å²) in [4.78, 5) is 17.6. The van der Waals surface area contributed by atoms with E-state index in [4.69, 9.17) is 32.7 Å². The second kappa shape index (κ2) is 6.28. The molecule has 0 bridgehead atoms. The van der Waals surface area contributed by atoms with E-state index < -0.39 is 5.60 Å². The Bertz CT molecular complexity index is 531. The molecule has 0 saturated carbocycles. The highest BCUT2D eigenvalue weighted by Gasteiger charge is 2.31. The minimum atomic E-state index is -0.503. The molecule has 2 heterocycles. The summed E-state index contributed by atoms with van der Waals surface area (Å²) in [5.74, 6) is 0.331. The van der Waals surface area contributed by atoms with Gasteiger partial charge in [0.1, 0.15) is 16.7 Å². The van der Waals surface area contributed by atoms with E-state index in [2.05, 4.69) is 4.98 Å². The van der Waals surface area contributed by atoms with Gasteiger partial charge in [-0.2, -0.15) is 0 Å². The largest absolute Gasteiger partial charge is 0.471 e. The number of pyridine rings is 1. The minimum Gasteiger partial charge on any atom is -0.471 e. The van der Waals surface area contributed by atoms with Gasteiger partial charge in [0, 0.05) is 19.2 Å². The first-order valence-electron chi connectivity index (χ1n) is 6.70. The summed E-state index contributed by atoms with van der Waals surface area (Å²) < 4.78 is 11.1. The van der Waals surface area contributed by atoms with Crippen LogP contribution in [-0.2, 0) is 4.74 Å². The lowest BCUT2D eigenvalue weighted by molar-refractivity contribution is 0.0275. The van der Waals surface area contributed by atoms with E-state index in [0.29, 0.717) is 35.4 Å². The summed E-state index contributed by atoms with van der Waals surface area (Å²) in [7, 11) is 0. The molecule has 0 N–H and O–H groups in total. The maximum absolute atomic E-state index is 12.0. The third kappa shape index (κ3) is 4.64. The summed E-state index contributed by atoms with van der Waals surface area (Å²) in [5, 5.41) is 0.812. The zero-order valence-electron chi connectivity index (χ0n) is 12.2. The van der Waals surface area contributed by atoms with Crippen molar-refractivity contribution in [3.63, 3.8) is 0 Å². The van der Waals surface area contributed by atoms with Crippen LogP contribution in [0.2, 0.25) is 10.0 Å². The predicted molar refractivity (Wildman–Crippen MR) is 81.1 cm³/mol. The predicted octanol–water partition coefficient (Wildman–Crippen LogP) is 3.78. The Balaban J connectivity index is 1.92. The number of aromatic nitrogens is 1. The second-order valence-electron chi connectivity index (χ2n) is 5.90. The van der Waals surface area contributed by atoms with Crippen LogP contribution >= 0.6 is 23.2 Å². The van der Waals surface area contributed by atoms with Crippen LogP contribution in [0.5, 0.6) is 5.88 Å². The molecule has 0 aromatic carbocycles. The molecular formula is C14H18Cl2N2O3. The van der Waals surface area contributed by atoms with Gasteiger partial charge in [0.05, 0.1) is 11.6 Å². The molecule has 0 radical (unpaired) electrons. The molecule has 0 spiro atoms. The SMILES string of the molecule is CC(C)(C)OC(=O)N1CC[C@H](Oc2ncc(Cl)cc2Cl)C1. The van der Waals surface area contributed by atoms with Gasteiger partial charge in [0.25, 0.3) is 0 Å². The Labute approximate surface area is 134 Å². The molecule has 0 unspecified atom stereocenters. The minimum absolute atomic E-state index is 0.149. The highest BCUT2D eigenvalue weighted by Crippen LogP contribution is 2.27. The quantitative estimate of drug-likeness (QED) is 0.827. The lowest BCUT2D eigenvalue weighted by atomic mass is 10.2. The molecule has 7 heteroatoms. The van der Waals surface area contributed by atoms with Crippen LogP contribution in [0.1, 0.15) is 27.2 Å². The smallest absolute Gasteiger partial charge is 0.410 e. The molecule has 2 rings (SSSR count). The number of hydrogen-bond donors (Lipinski definition) is 0. The van der Waals surface area contributed by atoms with E-state index in [0.717, 1.165) is 0 Å². The Morgan fingerprint density at radius 1 is 1.43 bits per heavy atom. The lowest BCUT2D eigenvalue weighted by Gasteiger charge is -2.24. The van der Waals surface area contributed by atoms with Crippen molar-refractivity contribution in [3.05, 3.63) is 22.3 Å². The molecular weight excluding hydrogens is 315 g/mol. The van der Waals surface area contributed by atoms with Crippen LogP contribution in [0.15, 0.2) is 12.3 Å². The molecule has 1 fully saturated rings. The Kier molecular flexibility index (Phi) is 4.84. The zero-order chi connectivity index (χ0) is 15.6. The first kappa shape index (κ1) is 16.2. The number of carbonyl (C=O) groups excluding carboxylic acids is 1. The van der Waals surface area contributed by atoms with Crippen molar-refractivity contribution in [1.82, 2.24) is 9.88 Å². The number of carbonyl (C=O) groups is 1. The second-order valence-corrected chi connectivity index (χ2v) is 6.74. The van der Waals surface area contributed by atoms with Crippen molar-refractivity contribution in [2.75, 3.05) is 13.1 Å². The van der Waals surface area contributed by atoms with Crippen LogP contribution in [0.25, 0.3) is 0 Å². The number of halogens is 2. The molecule has 5 nitrogen and oxygen atoms in total. The van der Waals surface area contributed by atoms with Crippen LogP contribution in [-0.4, -0.2) is 40.8 Å². The monoisotopic (exact) mass is 332 g/mol. The van der Waals surface area contributed by atoms with Gasteiger partial charge in [0.15, 0.2) is 0 Å². The number of ether oxygens (including phenoxy) is 2. The summed E-state index contributed by atoms with van der Waals surface area (Å²) >= 11 is 11.8. The standard InChI is InChI=1S/C14H18Cl2N2O3/c1-14(2,3)21-13(19)18-5-4-10(8-18)20-12-11(16)6-9(15)7-17-12/h6-7,10H,4-5,8H2,1-3H3/t10-/m0/s1. The van der Waals surface area contributed by atoms with Gasteiger partial charge >= 0.3 is 6.09 Å². The first-order valence-corrected chi connectivity index (χ1v) is 7.46. The zero-order valence-corrected chi connectivity index (χ0v) is 13.7. The maximum Gasteiger partial charge on any atom is 0.410 e. The van der Waals surface area contributed by atoms with E-state index in [-0.39, 0.29) is 12.2 Å². The van der Waals surface area contributed by atoms with Gasteiger partial charge < -0.3 is 14.4 Å². The Morgan fingerprint density at radius 2 is 2.14 bits per heavy atom. The van der Waals surface area contributed by atoms with Crippen LogP contribution in [0, 0.1) is 0 Å². The Morgan fingerprint density at radius 3 is 2.76 bits per heavy atom. The van der Waals surface area contributed by atoms with E-state index >= 15 is 0 Å². The van der Waals surface area contributed by atoms with Crippen LogP contribution < -0.4 is 4.74 Å². The van der Waals surface area contributed by atoms with E-state index in [9.17, 15) is 4.79 Å². The van der Waals surface area contributed by atoms with Gasteiger partial charge in [-0.05, 0) is 26.8 Å². The van der Waals surface area contributed by atoms with Crippen molar-refractivity contribution in [1.29, 1.82) is 0 Å². The number of hydrogen-bond acceptors (Lipinski definition) is 4. The van der Waals surface area contributed by atoms with Crippen molar-refractivity contribution in [2.24, 2.45) is 0 Å². The average molecular weight is 333 g/mol. The highest BCUT2D eigenvalue weighted by molar-refractivity contribution is 6.35. The third-order valence-electron chi connectivity index (χ3n) is 2.85. The van der Waals surface area contributed by atoms with Gasteiger partial charge in [-0.1, -0.05) is 23.2 Å². The number of likely N-dealkylation sites (tertiary alicyclic amines) is 1. The highest BCUT2D eigenvalue weighted by atomic mass is 35.5. The fraction of sp³-hybridized carbons (Fsp3) is 0.571.